The number of rotatable bonds is 5. The summed E-state index contributed by atoms with van der Waals surface area (Å²) in [7, 11) is 0. The lowest BCUT2D eigenvalue weighted by Crippen LogP contribution is -2.36. The lowest BCUT2D eigenvalue weighted by Gasteiger charge is -2.40. The number of benzene rings is 6. The first-order chi connectivity index (χ1) is 26.2. The van der Waals surface area contributed by atoms with E-state index in [9.17, 15) is 0 Å². The van der Waals surface area contributed by atoms with Gasteiger partial charge < -0.3 is 9.64 Å². The standard InChI is InChI=1S/C50H45F2NO/c1-5-49(6-2)44-30-34(52)18-23-39(44)45-38-22-17-33(51)29-41(38)47-40(46(45)49)24-25-50(54-47,31-14-19-35(20-15-31)53-26-10-7-11-27-53)32-16-21-37-36-12-8-9-13-42(36)48(3,4)43(37)28-32/h8-9,12-25,28-30H,5-7,10-11,26-27H2,1-4H3. The Kier molecular flexibility index (Phi) is 7.34. The second-order valence-electron chi connectivity index (χ2n) is 16.4. The predicted octanol–water partition coefficient (Wildman–Crippen LogP) is 12.9. The molecule has 2 nitrogen and oxygen atoms in total. The van der Waals surface area contributed by atoms with Gasteiger partial charge in [-0.3, -0.25) is 0 Å². The van der Waals surface area contributed by atoms with Crippen LogP contribution in [-0.4, -0.2) is 13.1 Å². The molecule has 0 N–H and O–H groups in total. The summed E-state index contributed by atoms with van der Waals surface area (Å²) in [6.07, 6.45) is 9.76. The van der Waals surface area contributed by atoms with Crippen LogP contribution >= 0.6 is 0 Å². The highest BCUT2D eigenvalue weighted by molar-refractivity contribution is 6.08. The summed E-state index contributed by atoms with van der Waals surface area (Å²) in [5, 5.41) is 1.66. The van der Waals surface area contributed by atoms with Crippen LogP contribution in [0.15, 0.2) is 109 Å². The van der Waals surface area contributed by atoms with Crippen molar-refractivity contribution in [3.63, 3.8) is 0 Å². The molecule has 1 saturated heterocycles. The van der Waals surface area contributed by atoms with Gasteiger partial charge in [0.1, 0.15) is 17.4 Å². The molecule has 2 aliphatic carbocycles. The molecule has 54 heavy (non-hydrogen) atoms. The minimum absolute atomic E-state index is 0.197. The zero-order chi connectivity index (χ0) is 37.0. The summed E-state index contributed by atoms with van der Waals surface area (Å²) >= 11 is 0. The Hall–Kier alpha value is -5.22. The number of anilines is 1. The number of halogens is 2. The summed E-state index contributed by atoms with van der Waals surface area (Å²) < 4.78 is 38.2. The fraction of sp³-hybridized carbons (Fsp3) is 0.280. The zero-order valence-electron chi connectivity index (χ0n) is 31.5. The molecule has 0 aromatic heterocycles. The Bertz CT molecular complexity index is 2540. The van der Waals surface area contributed by atoms with E-state index < -0.39 is 11.0 Å². The van der Waals surface area contributed by atoms with Gasteiger partial charge in [-0.15, -0.1) is 0 Å². The average molecular weight is 714 g/mol. The van der Waals surface area contributed by atoms with Crippen molar-refractivity contribution in [2.45, 2.75) is 76.2 Å². The highest BCUT2D eigenvalue weighted by Gasteiger charge is 2.48. The molecule has 2 heterocycles. The van der Waals surface area contributed by atoms with Crippen LogP contribution in [0.1, 0.15) is 98.7 Å². The van der Waals surface area contributed by atoms with Gasteiger partial charge in [-0.2, -0.15) is 0 Å². The Morgan fingerprint density at radius 1 is 0.648 bits per heavy atom. The van der Waals surface area contributed by atoms with E-state index in [-0.39, 0.29) is 17.0 Å². The van der Waals surface area contributed by atoms with Crippen molar-refractivity contribution >= 4 is 22.5 Å². The van der Waals surface area contributed by atoms with Gasteiger partial charge in [-0.05, 0) is 131 Å². The van der Waals surface area contributed by atoms with E-state index in [1.165, 1.54) is 47.2 Å². The van der Waals surface area contributed by atoms with Gasteiger partial charge in [0.15, 0.2) is 5.60 Å². The molecule has 0 bridgehead atoms. The van der Waals surface area contributed by atoms with Gasteiger partial charge in [0.05, 0.1) is 0 Å². The van der Waals surface area contributed by atoms with Crippen molar-refractivity contribution in [1.29, 1.82) is 0 Å². The predicted molar refractivity (Wildman–Crippen MR) is 218 cm³/mol. The molecule has 4 heteroatoms. The number of hydrogen-bond acceptors (Lipinski definition) is 2. The molecular weight excluding hydrogens is 669 g/mol. The molecule has 0 saturated carbocycles. The van der Waals surface area contributed by atoms with Crippen LogP contribution in [-0.2, 0) is 16.4 Å². The van der Waals surface area contributed by atoms with Crippen LogP contribution in [0.5, 0.6) is 5.75 Å². The lowest BCUT2D eigenvalue weighted by molar-refractivity contribution is 0.163. The van der Waals surface area contributed by atoms with Gasteiger partial charge in [0.25, 0.3) is 0 Å². The molecule has 1 fully saturated rings. The van der Waals surface area contributed by atoms with E-state index in [0.29, 0.717) is 5.75 Å². The number of piperidine rings is 1. The van der Waals surface area contributed by atoms with Gasteiger partial charge in [0, 0.05) is 51.7 Å². The molecular formula is C50H45F2NO. The summed E-state index contributed by atoms with van der Waals surface area (Å²) in [4.78, 5) is 2.48. The van der Waals surface area contributed by atoms with E-state index in [0.717, 1.165) is 75.6 Å². The van der Waals surface area contributed by atoms with E-state index in [2.05, 4.69) is 111 Å². The fourth-order valence-electron chi connectivity index (χ4n) is 10.6. The number of fused-ring (bicyclic) bond motifs is 11. The van der Waals surface area contributed by atoms with Crippen LogP contribution in [0.4, 0.5) is 14.5 Å². The Morgan fingerprint density at radius 2 is 1.33 bits per heavy atom. The van der Waals surface area contributed by atoms with E-state index >= 15 is 8.78 Å². The van der Waals surface area contributed by atoms with Gasteiger partial charge in [-0.25, -0.2) is 8.78 Å². The summed E-state index contributed by atoms with van der Waals surface area (Å²) in [6, 6.07) is 34.7. The largest absolute Gasteiger partial charge is 0.472 e. The fourth-order valence-corrected chi connectivity index (χ4v) is 10.6. The number of ether oxygens (including phenoxy) is 1. The van der Waals surface area contributed by atoms with Crippen LogP contribution < -0.4 is 9.64 Å². The molecule has 4 aliphatic rings. The maximum Gasteiger partial charge on any atom is 0.178 e. The summed E-state index contributed by atoms with van der Waals surface area (Å²) in [5.41, 5.74) is 12.0. The summed E-state index contributed by atoms with van der Waals surface area (Å²) in [6.45, 7) is 11.1. The van der Waals surface area contributed by atoms with Crippen LogP contribution in [0.3, 0.4) is 0 Å². The van der Waals surface area contributed by atoms with Gasteiger partial charge in [-0.1, -0.05) is 94.4 Å². The topological polar surface area (TPSA) is 12.5 Å². The maximum atomic E-state index is 15.5. The van der Waals surface area contributed by atoms with Crippen LogP contribution in [0.25, 0.3) is 39.1 Å². The average Bonchev–Trinajstić information content (AvgIpc) is 3.63. The summed E-state index contributed by atoms with van der Waals surface area (Å²) in [5.74, 6) is 0.122. The first-order valence-corrected chi connectivity index (χ1v) is 19.8. The molecule has 1 atom stereocenters. The van der Waals surface area contributed by atoms with Crippen LogP contribution in [0, 0.1) is 11.6 Å². The van der Waals surface area contributed by atoms with Gasteiger partial charge >= 0.3 is 0 Å². The Labute approximate surface area is 317 Å². The normalized spacial score (nSPS) is 19.9. The molecule has 0 spiro atoms. The molecule has 6 aromatic rings. The smallest absolute Gasteiger partial charge is 0.178 e. The number of nitrogens with zero attached hydrogens (tertiary/aromatic N) is 1. The monoisotopic (exact) mass is 713 g/mol. The first-order valence-electron chi connectivity index (χ1n) is 19.8. The van der Waals surface area contributed by atoms with E-state index in [4.69, 9.17) is 4.74 Å². The second-order valence-corrected chi connectivity index (χ2v) is 16.4. The third-order valence-corrected chi connectivity index (χ3v) is 13.5. The quantitative estimate of drug-likeness (QED) is 0.176. The minimum atomic E-state index is -1.00. The molecule has 2 aliphatic heterocycles. The first kappa shape index (κ1) is 33.4. The zero-order valence-corrected chi connectivity index (χ0v) is 31.5. The highest BCUT2D eigenvalue weighted by atomic mass is 19.1. The minimum Gasteiger partial charge on any atom is -0.472 e. The second kappa shape index (κ2) is 11.9. The van der Waals surface area contributed by atoms with Crippen molar-refractivity contribution in [2.75, 3.05) is 18.0 Å². The molecule has 0 amide bonds. The van der Waals surface area contributed by atoms with Gasteiger partial charge in [0.2, 0.25) is 0 Å². The molecule has 0 radical (unpaired) electrons. The van der Waals surface area contributed by atoms with E-state index in [1.54, 1.807) is 24.3 Å². The van der Waals surface area contributed by atoms with Crippen molar-refractivity contribution in [3.8, 4) is 28.0 Å². The number of hydrogen-bond donors (Lipinski definition) is 0. The van der Waals surface area contributed by atoms with Crippen molar-refractivity contribution < 1.29 is 13.5 Å². The molecule has 6 aromatic carbocycles. The molecule has 270 valence electrons. The third kappa shape index (κ3) is 4.49. The lowest BCUT2D eigenvalue weighted by atomic mass is 9.71. The SMILES string of the molecule is CCC1(CC)c2cc(F)ccc2-c2c1c1c(c3cc(F)ccc23)OC(c2ccc(N3CCCCC3)cc2)(c2ccc3c(c2)C(C)(C)c2ccccc2-3)C=C1. The molecule has 10 rings (SSSR count). The van der Waals surface area contributed by atoms with E-state index in [1.807, 2.05) is 12.1 Å². The van der Waals surface area contributed by atoms with Crippen LogP contribution in [0.2, 0.25) is 0 Å². The van der Waals surface area contributed by atoms with Crippen molar-refractivity contribution in [2.24, 2.45) is 0 Å². The van der Waals surface area contributed by atoms with Crippen molar-refractivity contribution in [1.82, 2.24) is 0 Å². The molecule has 1 unspecified atom stereocenters. The third-order valence-electron chi connectivity index (χ3n) is 13.5. The Morgan fingerprint density at radius 3 is 2.11 bits per heavy atom. The Balaban J connectivity index is 1.23. The maximum absolute atomic E-state index is 15.5. The van der Waals surface area contributed by atoms with Crippen molar-refractivity contribution in [3.05, 3.63) is 160 Å². The highest BCUT2D eigenvalue weighted by Crippen LogP contribution is 2.61.